The number of nitrogens with one attached hydrogen (secondary N) is 1. The molecule has 4 rings (SSSR count). The SMILES string of the molecule is O=C(Nc1nnc(C2=COCCO2)o1)C1CCN(S(=O)(=O)c2ccc(Cl)s2)CC1. The van der Waals surface area contributed by atoms with Gasteiger partial charge in [0.2, 0.25) is 11.7 Å². The number of piperidine rings is 1. The summed E-state index contributed by atoms with van der Waals surface area (Å²) >= 11 is 6.86. The fraction of sp³-hybridized carbons (Fsp3) is 0.438. The van der Waals surface area contributed by atoms with Crippen LogP contribution in [0.4, 0.5) is 6.01 Å². The van der Waals surface area contributed by atoms with Crippen molar-refractivity contribution < 1.29 is 27.1 Å². The Morgan fingerprint density at radius 1 is 1.24 bits per heavy atom. The topological polar surface area (TPSA) is 124 Å². The van der Waals surface area contributed by atoms with Crippen LogP contribution in [-0.4, -0.2) is 55.1 Å². The molecule has 2 aliphatic rings. The fourth-order valence-electron chi connectivity index (χ4n) is 2.98. The molecule has 0 atom stereocenters. The third kappa shape index (κ3) is 4.39. The Morgan fingerprint density at radius 3 is 2.69 bits per heavy atom. The van der Waals surface area contributed by atoms with Crippen molar-refractivity contribution >= 4 is 50.6 Å². The van der Waals surface area contributed by atoms with Crippen LogP contribution in [0, 0.1) is 5.92 Å². The predicted molar refractivity (Wildman–Crippen MR) is 104 cm³/mol. The minimum atomic E-state index is -3.60. The molecule has 2 aromatic heterocycles. The van der Waals surface area contributed by atoms with Crippen LogP contribution in [0.2, 0.25) is 4.34 Å². The number of thiophene rings is 1. The van der Waals surface area contributed by atoms with Crippen molar-refractivity contribution in [3.63, 3.8) is 0 Å². The monoisotopic (exact) mass is 460 g/mol. The molecule has 0 radical (unpaired) electrons. The van der Waals surface area contributed by atoms with Crippen molar-refractivity contribution in [3.05, 3.63) is 28.6 Å². The van der Waals surface area contributed by atoms with E-state index in [1.165, 1.54) is 16.6 Å². The Balaban J connectivity index is 1.34. The van der Waals surface area contributed by atoms with Gasteiger partial charge in [-0.2, -0.15) is 4.31 Å². The minimum absolute atomic E-state index is 0.0525. The number of nitrogens with zero attached hydrogens (tertiary/aromatic N) is 3. The number of sulfonamides is 1. The van der Waals surface area contributed by atoms with Crippen LogP contribution in [0.5, 0.6) is 0 Å². The zero-order chi connectivity index (χ0) is 20.4. The maximum Gasteiger partial charge on any atom is 0.322 e. The molecule has 0 bridgehead atoms. The maximum absolute atomic E-state index is 12.6. The number of rotatable bonds is 5. The van der Waals surface area contributed by atoms with Crippen LogP contribution in [0.3, 0.4) is 0 Å². The summed E-state index contributed by atoms with van der Waals surface area (Å²) in [6.45, 7) is 1.29. The average Bonchev–Trinajstić information content (AvgIpc) is 3.38. The van der Waals surface area contributed by atoms with E-state index < -0.39 is 10.0 Å². The molecule has 1 amide bonds. The largest absolute Gasteiger partial charge is 0.494 e. The number of ether oxygens (including phenoxy) is 2. The fourth-order valence-corrected chi connectivity index (χ4v) is 6.09. The molecule has 10 nitrogen and oxygen atoms in total. The number of amides is 1. The first-order valence-electron chi connectivity index (χ1n) is 8.78. The van der Waals surface area contributed by atoms with Crippen molar-refractivity contribution in [1.29, 1.82) is 0 Å². The minimum Gasteiger partial charge on any atom is -0.494 e. The first kappa shape index (κ1) is 20.1. The van der Waals surface area contributed by atoms with Gasteiger partial charge in [-0.25, -0.2) is 8.42 Å². The van der Waals surface area contributed by atoms with E-state index >= 15 is 0 Å². The number of carbonyl (C=O) groups excluding carboxylic acids is 1. The summed E-state index contributed by atoms with van der Waals surface area (Å²) in [5.74, 6) is -0.254. The Labute approximate surface area is 175 Å². The number of halogens is 1. The summed E-state index contributed by atoms with van der Waals surface area (Å²) in [4.78, 5) is 12.5. The number of aromatic nitrogens is 2. The summed E-state index contributed by atoms with van der Waals surface area (Å²) < 4.78 is 43.1. The average molecular weight is 461 g/mol. The summed E-state index contributed by atoms with van der Waals surface area (Å²) in [5.41, 5.74) is 0. The molecule has 2 aromatic rings. The van der Waals surface area contributed by atoms with Gasteiger partial charge in [0, 0.05) is 19.0 Å². The van der Waals surface area contributed by atoms with E-state index in [0.29, 0.717) is 36.2 Å². The first-order valence-corrected chi connectivity index (χ1v) is 11.4. The highest BCUT2D eigenvalue weighted by Crippen LogP contribution is 2.31. The summed E-state index contributed by atoms with van der Waals surface area (Å²) in [5, 5.41) is 10.2. The van der Waals surface area contributed by atoms with Crippen LogP contribution in [-0.2, 0) is 24.3 Å². The van der Waals surface area contributed by atoms with E-state index in [9.17, 15) is 13.2 Å². The maximum atomic E-state index is 12.6. The van der Waals surface area contributed by atoms with Crippen LogP contribution >= 0.6 is 22.9 Å². The smallest absolute Gasteiger partial charge is 0.322 e. The van der Waals surface area contributed by atoms with Crippen molar-refractivity contribution in [2.75, 3.05) is 31.6 Å². The molecule has 13 heteroatoms. The van der Waals surface area contributed by atoms with Gasteiger partial charge in [-0.1, -0.05) is 16.7 Å². The quantitative estimate of drug-likeness (QED) is 0.719. The van der Waals surface area contributed by atoms with Gasteiger partial charge >= 0.3 is 6.01 Å². The summed E-state index contributed by atoms with van der Waals surface area (Å²) in [6, 6.07) is 2.99. The zero-order valence-electron chi connectivity index (χ0n) is 15.0. The molecule has 2 aliphatic heterocycles. The Morgan fingerprint density at radius 2 is 2.03 bits per heavy atom. The molecule has 0 aromatic carbocycles. The van der Waals surface area contributed by atoms with Gasteiger partial charge in [-0.05, 0) is 25.0 Å². The van der Waals surface area contributed by atoms with Crippen LogP contribution < -0.4 is 5.32 Å². The molecule has 0 aliphatic carbocycles. The van der Waals surface area contributed by atoms with Crippen molar-refractivity contribution in [2.45, 2.75) is 17.1 Å². The lowest BCUT2D eigenvalue weighted by molar-refractivity contribution is -0.121. The molecule has 0 unspecified atom stereocenters. The second-order valence-corrected chi connectivity index (χ2v) is 10.2. The highest BCUT2D eigenvalue weighted by Gasteiger charge is 2.33. The molecule has 4 heterocycles. The second-order valence-electron chi connectivity index (χ2n) is 6.34. The third-order valence-electron chi connectivity index (χ3n) is 4.48. The molecular weight excluding hydrogens is 444 g/mol. The van der Waals surface area contributed by atoms with Crippen molar-refractivity contribution in [3.8, 4) is 0 Å². The van der Waals surface area contributed by atoms with E-state index in [4.69, 9.17) is 25.5 Å². The van der Waals surface area contributed by atoms with Gasteiger partial charge < -0.3 is 13.9 Å². The normalized spacial score (nSPS) is 18.6. The standard InChI is InChI=1S/C16H17ClN4O6S2/c17-12-1-2-13(28-12)29(23,24)21-5-3-10(4-6-21)14(22)18-16-20-19-15(27-16)11-9-25-7-8-26-11/h1-2,9-10H,3-8H2,(H,18,20,22). The van der Waals surface area contributed by atoms with Gasteiger partial charge in [-0.3, -0.25) is 10.1 Å². The lowest BCUT2D eigenvalue weighted by Crippen LogP contribution is -2.41. The molecule has 1 saturated heterocycles. The molecule has 0 saturated carbocycles. The van der Waals surface area contributed by atoms with Gasteiger partial charge in [0.15, 0.2) is 0 Å². The predicted octanol–water partition coefficient (Wildman–Crippen LogP) is 2.17. The lowest BCUT2D eigenvalue weighted by Gasteiger charge is -2.29. The van der Waals surface area contributed by atoms with Gasteiger partial charge in [-0.15, -0.1) is 16.4 Å². The zero-order valence-corrected chi connectivity index (χ0v) is 17.4. The van der Waals surface area contributed by atoms with E-state index in [1.807, 2.05) is 0 Å². The molecule has 29 heavy (non-hydrogen) atoms. The Bertz CT molecular complexity index is 1030. The van der Waals surface area contributed by atoms with Crippen LogP contribution in [0.1, 0.15) is 18.7 Å². The van der Waals surface area contributed by atoms with Gasteiger partial charge in [0.1, 0.15) is 23.7 Å². The number of carbonyl (C=O) groups is 1. The highest BCUT2D eigenvalue weighted by atomic mass is 35.5. The number of hydrogen-bond acceptors (Lipinski definition) is 9. The second kappa shape index (κ2) is 8.30. The Hall–Kier alpha value is -2.15. The third-order valence-corrected chi connectivity index (χ3v) is 8.08. The molecular formula is C16H17ClN4O6S2. The van der Waals surface area contributed by atoms with E-state index in [2.05, 4.69) is 15.5 Å². The number of hydrogen-bond donors (Lipinski definition) is 1. The van der Waals surface area contributed by atoms with Crippen molar-refractivity contribution in [1.82, 2.24) is 14.5 Å². The van der Waals surface area contributed by atoms with Crippen LogP contribution in [0.25, 0.3) is 5.76 Å². The van der Waals surface area contributed by atoms with Gasteiger partial charge in [0.25, 0.3) is 15.9 Å². The lowest BCUT2D eigenvalue weighted by atomic mass is 9.97. The van der Waals surface area contributed by atoms with Crippen molar-refractivity contribution in [2.24, 2.45) is 5.92 Å². The molecule has 0 spiro atoms. The van der Waals surface area contributed by atoms with E-state index in [1.54, 1.807) is 6.07 Å². The first-order chi connectivity index (χ1) is 13.9. The summed E-state index contributed by atoms with van der Waals surface area (Å²) in [7, 11) is -3.60. The molecule has 156 valence electrons. The Kier molecular flexibility index (Phi) is 5.76. The molecule has 1 N–H and O–H groups in total. The molecule has 1 fully saturated rings. The van der Waals surface area contributed by atoms with Crippen LogP contribution in [0.15, 0.2) is 27.0 Å². The summed E-state index contributed by atoms with van der Waals surface area (Å²) in [6.07, 6.45) is 2.14. The highest BCUT2D eigenvalue weighted by molar-refractivity contribution is 7.91. The van der Waals surface area contributed by atoms with E-state index in [-0.39, 0.29) is 41.0 Å². The van der Waals surface area contributed by atoms with E-state index in [0.717, 1.165) is 11.3 Å². The number of anilines is 1. The van der Waals surface area contributed by atoms with Gasteiger partial charge in [0.05, 0.1) is 4.34 Å².